The summed E-state index contributed by atoms with van der Waals surface area (Å²) in [6, 6.07) is 9.38. The van der Waals surface area contributed by atoms with Crippen LogP contribution in [0.15, 0.2) is 57.7 Å². The number of carbonyl (C=O) groups excluding carboxylic acids is 1. The lowest BCUT2D eigenvalue weighted by molar-refractivity contribution is -0.136. The van der Waals surface area contributed by atoms with Crippen LogP contribution in [0.2, 0.25) is 0 Å². The molecule has 0 aliphatic carbocycles. The number of carbonyl (C=O) groups is 1. The fourth-order valence-corrected chi connectivity index (χ4v) is 2.47. The molecule has 28 heavy (non-hydrogen) atoms. The van der Waals surface area contributed by atoms with Crippen molar-refractivity contribution in [2.45, 2.75) is 12.7 Å². The molecule has 1 N–H and O–H groups in total. The zero-order valence-corrected chi connectivity index (χ0v) is 14.2. The number of amides is 1. The van der Waals surface area contributed by atoms with Gasteiger partial charge in [-0.2, -0.15) is 13.2 Å². The maximum absolute atomic E-state index is 13.0. The summed E-state index contributed by atoms with van der Waals surface area (Å²) in [5, 5.41) is 2.26. The number of hydrogen-bond acceptors (Lipinski definition) is 4. The summed E-state index contributed by atoms with van der Waals surface area (Å²) in [6.45, 7) is -0.250. The van der Waals surface area contributed by atoms with Gasteiger partial charge in [-0.05, 0) is 29.8 Å². The molecule has 5 nitrogen and oxygen atoms in total. The van der Waals surface area contributed by atoms with E-state index in [9.17, 15) is 27.2 Å². The molecule has 1 aromatic heterocycles. The summed E-state index contributed by atoms with van der Waals surface area (Å²) in [4.78, 5) is 23.2. The number of fused-ring (bicyclic) bond motifs is 1. The van der Waals surface area contributed by atoms with Gasteiger partial charge in [-0.3, -0.25) is 4.79 Å². The van der Waals surface area contributed by atoms with Crippen molar-refractivity contribution in [3.05, 3.63) is 75.9 Å². The van der Waals surface area contributed by atoms with Gasteiger partial charge in [0.2, 0.25) is 0 Å². The van der Waals surface area contributed by atoms with Crippen molar-refractivity contribution in [2.24, 2.45) is 0 Å². The van der Waals surface area contributed by atoms with Crippen LogP contribution in [0.1, 0.15) is 11.1 Å². The Balaban J connectivity index is 1.66. The van der Waals surface area contributed by atoms with Crippen LogP contribution in [0.25, 0.3) is 11.0 Å². The van der Waals surface area contributed by atoms with E-state index in [0.717, 1.165) is 12.1 Å². The molecule has 3 aromatic rings. The normalized spacial score (nSPS) is 11.4. The number of ether oxygens (including phenoxy) is 1. The molecule has 0 aliphatic rings. The fourth-order valence-electron chi connectivity index (χ4n) is 2.47. The van der Waals surface area contributed by atoms with Crippen LogP contribution in [0.5, 0.6) is 5.75 Å². The van der Waals surface area contributed by atoms with Gasteiger partial charge in [0.05, 0.1) is 5.56 Å². The molecule has 0 saturated carbocycles. The molecule has 0 fully saturated rings. The Morgan fingerprint density at radius 2 is 1.79 bits per heavy atom. The molecule has 0 radical (unpaired) electrons. The van der Waals surface area contributed by atoms with Crippen molar-refractivity contribution in [2.75, 3.05) is 6.61 Å². The van der Waals surface area contributed by atoms with Gasteiger partial charge in [0, 0.05) is 24.1 Å². The molecule has 146 valence electrons. The van der Waals surface area contributed by atoms with E-state index in [1.54, 1.807) is 0 Å². The van der Waals surface area contributed by atoms with Crippen molar-refractivity contribution in [3.63, 3.8) is 0 Å². The van der Waals surface area contributed by atoms with Gasteiger partial charge in [0.1, 0.15) is 17.1 Å². The van der Waals surface area contributed by atoms with Crippen LogP contribution >= 0.6 is 0 Å². The van der Waals surface area contributed by atoms with E-state index in [1.165, 1.54) is 30.3 Å². The molecule has 0 saturated heterocycles. The summed E-state index contributed by atoms with van der Waals surface area (Å²) in [6.07, 6.45) is -4.71. The molecule has 0 bridgehead atoms. The fraction of sp³-hybridized carbons (Fsp3) is 0.158. The quantitative estimate of drug-likeness (QED) is 0.529. The second-order valence-corrected chi connectivity index (χ2v) is 5.83. The van der Waals surface area contributed by atoms with Gasteiger partial charge < -0.3 is 14.5 Å². The Morgan fingerprint density at radius 1 is 1.07 bits per heavy atom. The monoisotopic (exact) mass is 395 g/mol. The number of hydrogen-bond donors (Lipinski definition) is 1. The lowest BCUT2D eigenvalue weighted by atomic mass is 10.1. The van der Waals surface area contributed by atoms with Gasteiger partial charge in [0.15, 0.2) is 6.61 Å². The van der Waals surface area contributed by atoms with Crippen LogP contribution in [0, 0.1) is 5.82 Å². The summed E-state index contributed by atoms with van der Waals surface area (Å²) in [5.41, 5.74) is -1.87. The average molecular weight is 395 g/mol. The first kappa shape index (κ1) is 19.4. The molecule has 3 rings (SSSR count). The highest BCUT2D eigenvalue weighted by Crippen LogP contribution is 2.34. The lowest BCUT2D eigenvalue weighted by Crippen LogP contribution is -2.28. The highest BCUT2D eigenvalue weighted by molar-refractivity contribution is 5.82. The zero-order chi connectivity index (χ0) is 20.3. The van der Waals surface area contributed by atoms with Gasteiger partial charge in [-0.25, -0.2) is 9.18 Å². The Kier molecular flexibility index (Phi) is 5.34. The van der Waals surface area contributed by atoms with Crippen LogP contribution < -0.4 is 15.7 Å². The van der Waals surface area contributed by atoms with Crippen molar-refractivity contribution >= 4 is 16.9 Å². The van der Waals surface area contributed by atoms with Gasteiger partial charge in [-0.1, -0.05) is 12.1 Å². The molecule has 0 atom stereocenters. The zero-order valence-electron chi connectivity index (χ0n) is 14.2. The summed E-state index contributed by atoms with van der Waals surface area (Å²) < 4.78 is 61.9. The summed E-state index contributed by atoms with van der Waals surface area (Å²) in [7, 11) is 0. The minimum absolute atomic E-state index is 0.0620. The van der Waals surface area contributed by atoms with Crippen LogP contribution in [0.3, 0.4) is 0 Å². The van der Waals surface area contributed by atoms with Crippen LogP contribution in [0.4, 0.5) is 17.6 Å². The number of benzene rings is 2. The summed E-state index contributed by atoms with van der Waals surface area (Å²) in [5.74, 6) is -0.822. The molecule has 9 heteroatoms. The van der Waals surface area contributed by atoms with E-state index in [2.05, 4.69) is 5.32 Å². The van der Waals surface area contributed by atoms with E-state index >= 15 is 0 Å². The molecular formula is C19H13F4NO4. The van der Waals surface area contributed by atoms with Gasteiger partial charge >= 0.3 is 11.8 Å². The molecule has 1 heterocycles. The van der Waals surface area contributed by atoms with Crippen molar-refractivity contribution in [1.29, 1.82) is 0 Å². The Morgan fingerprint density at radius 3 is 2.46 bits per heavy atom. The second kappa shape index (κ2) is 7.71. The van der Waals surface area contributed by atoms with E-state index < -0.39 is 35.7 Å². The lowest BCUT2D eigenvalue weighted by Gasteiger charge is -2.11. The molecule has 0 aliphatic heterocycles. The topological polar surface area (TPSA) is 68.5 Å². The minimum atomic E-state index is -4.71. The molecule has 2 aromatic carbocycles. The van der Waals surface area contributed by atoms with Gasteiger partial charge in [-0.15, -0.1) is 0 Å². The average Bonchev–Trinajstić information content (AvgIpc) is 2.64. The number of halogens is 4. The van der Waals surface area contributed by atoms with Crippen molar-refractivity contribution < 1.29 is 31.5 Å². The van der Waals surface area contributed by atoms with E-state index in [0.29, 0.717) is 11.6 Å². The van der Waals surface area contributed by atoms with Gasteiger partial charge in [0.25, 0.3) is 5.91 Å². The highest BCUT2D eigenvalue weighted by Gasteiger charge is 2.33. The number of alkyl halides is 3. The minimum Gasteiger partial charge on any atom is -0.484 e. The Bertz CT molecular complexity index is 1060. The van der Waals surface area contributed by atoms with E-state index in [4.69, 9.17) is 9.15 Å². The molecular weight excluding hydrogens is 382 g/mol. The number of rotatable bonds is 5. The maximum atomic E-state index is 13.0. The van der Waals surface area contributed by atoms with E-state index in [-0.39, 0.29) is 23.3 Å². The third kappa shape index (κ3) is 4.67. The molecule has 0 spiro atoms. The first-order valence-electron chi connectivity index (χ1n) is 8.01. The van der Waals surface area contributed by atoms with Crippen LogP contribution in [-0.4, -0.2) is 12.5 Å². The maximum Gasteiger partial charge on any atom is 0.417 e. The highest BCUT2D eigenvalue weighted by atomic mass is 19.4. The SMILES string of the molecule is O=C(COc1ccc2c(C(F)(F)F)cc(=O)oc2c1)NCc1ccc(F)cc1. The largest absolute Gasteiger partial charge is 0.484 e. The summed E-state index contributed by atoms with van der Waals surface area (Å²) >= 11 is 0. The van der Waals surface area contributed by atoms with Crippen molar-refractivity contribution in [1.82, 2.24) is 5.32 Å². The predicted octanol–water partition coefficient (Wildman–Crippen LogP) is 3.65. The van der Waals surface area contributed by atoms with E-state index in [1.807, 2.05) is 0 Å². The smallest absolute Gasteiger partial charge is 0.417 e. The van der Waals surface area contributed by atoms with Crippen molar-refractivity contribution in [3.8, 4) is 5.75 Å². The Hall–Kier alpha value is -3.36. The van der Waals surface area contributed by atoms with Crippen LogP contribution in [-0.2, 0) is 17.5 Å². The predicted molar refractivity (Wildman–Crippen MR) is 91.2 cm³/mol. The Labute approximate surface area is 155 Å². The first-order valence-corrected chi connectivity index (χ1v) is 8.01. The molecule has 1 amide bonds. The first-order chi connectivity index (χ1) is 13.2. The standard InChI is InChI=1S/C19H13F4NO4/c20-12-3-1-11(2-4-12)9-24-17(25)10-27-13-5-6-14-15(19(21,22)23)8-18(26)28-16(14)7-13/h1-8H,9-10H2,(H,24,25). The molecule has 0 unspecified atom stereocenters. The number of nitrogens with one attached hydrogen (secondary N) is 1. The third-order valence-electron chi connectivity index (χ3n) is 3.79. The third-order valence-corrected chi connectivity index (χ3v) is 3.79. The second-order valence-electron chi connectivity index (χ2n) is 5.83.